The van der Waals surface area contributed by atoms with Crippen LogP contribution in [0.5, 0.6) is 0 Å². The number of thioether (sulfide) groups is 1. The quantitative estimate of drug-likeness (QED) is 0.723. The molecular weight excluding hydrogens is 270 g/mol. The molecule has 1 aromatic rings. The third-order valence-electron chi connectivity index (χ3n) is 2.86. The van der Waals surface area contributed by atoms with E-state index >= 15 is 0 Å². The molecule has 2 rings (SSSR count). The fraction of sp³-hybridized carbons (Fsp3) is 0.455. The summed E-state index contributed by atoms with van der Waals surface area (Å²) in [4.78, 5) is 0.0606. The molecule has 1 aliphatic rings. The smallest absolute Gasteiger partial charge is 0.240 e. The average molecular weight is 287 g/mol. The molecule has 1 saturated heterocycles. The van der Waals surface area contributed by atoms with Gasteiger partial charge in [0, 0.05) is 17.5 Å². The fourth-order valence-corrected chi connectivity index (χ4v) is 3.90. The molecule has 0 amide bonds. The number of nitrogens with one attached hydrogen (secondary N) is 1. The second-order valence-corrected chi connectivity index (χ2v) is 7.25. The molecule has 5 N–H and O–H groups in total. The summed E-state index contributed by atoms with van der Waals surface area (Å²) in [7, 11) is -3.75. The normalized spacial score (nSPS) is 19.9. The number of nitrogens with two attached hydrogens (primary N) is 2. The Balaban J connectivity index is 2.16. The number of nitrogen functional groups attached to an aromatic ring is 1. The van der Waals surface area contributed by atoms with Gasteiger partial charge in [0.15, 0.2) is 0 Å². The van der Waals surface area contributed by atoms with E-state index in [1.165, 1.54) is 18.2 Å². The Morgan fingerprint density at radius 2 is 2.22 bits per heavy atom. The summed E-state index contributed by atoms with van der Waals surface area (Å²) in [5.74, 6) is 1.18. The Labute approximate surface area is 111 Å². The summed E-state index contributed by atoms with van der Waals surface area (Å²) >= 11 is 1.91. The van der Waals surface area contributed by atoms with Crippen molar-refractivity contribution in [1.82, 2.24) is 0 Å². The molecule has 18 heavy (non-hydrogen) atoms. The Morgan fingerprint density at radius 1 is 1.44 bits per heavy atom. The first kappa shape index (κ1) is 13.5. The lowest BCUT2D eigenvalue weighted by molar-refractivity contribution is 0.598. The van der Waals surface area contributed by atoms with Crippen molar-refractivity contribution in [3.63, 3.8) is 0 Å². The zero-order valence-corrected chi connectivity index (χ0v) is 11.6. The van der Waals surface area contributed by atoms with Crippen molar-refractivity contribution in [2.75, 3.05) is 23.3 Å². The van der Waals surface area contributed by atoms with Gasteiger partial charge in [-0.1, -0.05) is 0 Å². The largest absolute Gasteiger partial charge is 0.399 e. The monoisotopic (exact) mass is 287 g/mol. The lowest BCUT2D eigenvalue weighted by Crippen LogP contribution is -2.19. The zero-order chi connectivity index (χ0) is 13.2. The lowest BCUT2D eigenvalue weighted by atomic mass is 10.2. The second kappa shape index (κ2) is 5.38. The van der Waals surface area contributed by atoms with Gasteiger partial charge in [0.25, 0.3) is 0 Å². The van der Waals surface area contributed by atoms with Crippen LogP contribution >= 0.6 is 11.8 Å². The third-order valence-corrected chi connectivity index (χ3v) is 5.21. The standard InChI is InChI=1S/C11H17N3O2S2/c12-8-3-4-10(11(6-8)18(13,15)16)14-7-9-2-1-5-17-9/h3-4,6,9,14H,1-2,5,7,12H2,(H2,13,15,16). The molecule has 1 aliphatic heterocycles. The van der Waals surface area contributed by atoms with Gasteiger partial charge in [-0.05, 0) is 36.8 Å². The highest BCUT2D eigenvalue weighted by atomic mass is 32.2. The zero-order valence-electron chi connectivity index (χ0n) is 9.93. The Bertz CT molecular complexity index is 525. The summed E-state index contributed by atoms with van der Waals surface area (Å²) < 4.78 is 23.0. The van der Waals surface area contributed by atoms with Gasteiger partial charge < -0.3 is 11.1 Å². The van der Waals surface area contributed by atoms with E-state index in [1.807, 2.05) is 11.8 Å². The third kappa shape index (κ3) is 3.30. The van der Waals surface area contributed by atoms with Crippen molar-refractivity contribution < 1.29 is 8.42 Å². The van der Waals surface area contributed by atoms with E-state index in [0.717, 1.165) is 13.0 Å². The Hall–Kier alpha value is -0.920. The lowest BCUT2D eigenvalue weighted by Gasteiger charge is -2.14. The van der Waals surface area contributed by atoms with Crippen molar-refractivity contribution in [3.8, 4) is 0 Å². The van der Waals surface area contributed by atoms with Gasteiger partial charge in [-0.15, -0.1) is 0 Å². The van der Waals surface area contributed by atoms with Crippen molar-refractivity contribution in [3.05, 3.63) is 18.2 Å². The van der Waals surface area contributed by atoms with Crippen LogP contribution in [0.2, 0.25) is 0 Å². The first-order valence-electron chi connectivity index (χ1n) is 5.74. The molecule has 0 spiro atoms. The van der Waals surface area contributed by atoms with Crippen LogP contribution in [0, 0.1) is 0 Å². The van der Waals surface area contributed by atoms with E-state index in [1.54, 1.807) is 12.1 Å². The minimum absolute atomic E-state index is 0.0606. The highest BCUT2D eigenvalue weighted by Crippen LogP contribution is 2.28. The molecule has 100 valence electrons. The van der Waals surface area contributed by atoms with E-state index in [0.29, 0.717) is 16.6 Å². The fourth-order valence-electron chi connectivity index (χ4n) is 1.95. The summed E-state index contributed by atoms with van der Waals surface area (Å²) in [5, 5.41) is 8.87. The first-order chi connectivity index (χ1) is 8.47. The number of hydrogen-bond acceptors (Lipinski definition) is 5. The molecule has 0 bridgehead atoms. The molecule has 1 fully saturated rings. The molecule has 1 heterocycles. The van der Waals surface area contributed by atoms with Crippen LogP contribution in [-0.2, 0) is 10.0 Å². The molecule has 7 heteroatoms. The van der Waals surface area contributed by atoms with Gasteiger partial charge in [-0.25, -0.2) is 13.6 Å². The second-order valence-electron chi connectivity index (χ2n) is 4.32. The van der Waals surface area contributed by atoms with Gasteiger partial charge in [-0.3, -0.25) is 0 Å². The number of primary sulfonamides is 1. The van der Waals surface area contributed by atoms with Gasteiger partial charge in [-0.2, -0.15) is 11.8 Å². The van der Waals surface area contributed by atoms with E-state index in [4.69, 9.17) is 10.9 Å². The SMILES string of the molecule is Nc1ccc(NCC2CCCS2)c(S(N)(=O)=O)c1. The molecule has 0 saturated carbocycles. The van der Waals surface area contributed by atoms with Crippen molar-refractivity contribution in [1.29, 1.82) is 0 Å². The van der Waals surface area contributed by atoms with Crippen molar-refractivity contribution in [2.45, 2.75) is 23.0 Å². The number of rotatable bonds is 4. The molecule has 1 aromatic carbocycles. The van der Waals surface area contributed by atoms with Gasteiger partial charge >= 0.3 is 0 Å². The van der Waals surface area contributed by atoms with Crippen LogP contribution < -0.4 is 16.2 Å². The summed E-state index contributed by atoms with van der Waals surface area (Å²) in [6, 6.07) is 4.72. The number of sulfonamides is 1. The van der Waals surface area contributed by atoms with Crippen LogP contribution in [0.4, 0.5) is 11.4 Å². The summed E-state index contributed by atoms with van der Waals surface area (Å²) in [5.41, 5.74) is 6.51. The van der Waals surface area contributed by atoms with E-state index in [-0.39, 0.29) is 4.90 Å². The predicted molar refractivity (Wildman–Crippen MR) is 76.2 cm³/mol. The molecule has 0 radical (unpaired) electrons. The maximum absolute atomic E-state index is 11.5. The predicted octanol–water partition coefficient (Wildman–Crippen LogP) is 1.22. The molecule has 0 aliphatic carbocycles. The highest BCUT2D eigenvalue weighted by molar-refractivity contribution is 8.00. The summed E-state index contributed by atoms with van der Waals surface area (Å²) in [6.07, 6.45) is 2.39. The van der Waals surface area contributed by atoms with Gasteiger partial charge in [0.2, 0.25) is 10.0 Å². The first-order valence-corrected chi connectivity index (χ1v) is 8.34. The number of hydrogen-bond donors (Lipinski definition) is 3. The number of benzene rings is 1. The van der Waals surface area contributed by atoms with E-state index < -0.39 is 10.0 Å². The van der Waals surface area contributed by atoms with E-state index in [9.17, 15) is 8.42 Å². The minimum Gasteiger partial charge on any atom is -0.399 e. The van der Waals surface area contributed by atoms with E-state index in [2.05, 4.69) is 5.32 Å². The Kier molecular flexibility index (Phi) is 4.04. The molecule has 5 nitrogen and oxygen atoms in total. The summed E-state index contributed by atoms with van der Waals surface area (Å²) in [6.45, 7) is 0.747. The van der Waals surface area contributed by atoms with Crippen LogP contribution in [0.15, 0.2) is 23.1 Å². The van der Waals surface area contributed by atoms with Gasteiger partial charge in [0.1, 0.15) is 4.90 Å². The van der Waals surface area contributed by atoms with Crippen LogP contribution in [0.1, 0.15) is 12.8 Å². The van der Waals surface area contributed by atoms with Gasteiger partial charge in [0.05, 0.1) is 5.69 Å². The average Bonchev–Trinajstić information content (AvgIpc) is 2.79. The molecule has 1 atom stereocenters. The van der Waals surface area contributed by atoms with Crippen molar-refractivity contribution in [2.24, 2.45) is 5.14 Å². The molecule has 0 aromatic heterocycles. The Morgan fingerprint density at radius 3 is 2.83 bits per heavy atom. The highest BCUT2D eigenvalue weighted by Gasteiger charge is 2.18. The maximum atomic E-state index is 11.5. The molecule has 1 unspecified atom stereocenters. The topological polar surface area (TPSA) is 98.2 Å². The molecular formula is C11H17N3O2S2. The maximum Gasteiger partial charge on any atom is 0.240 e. The minimum atomic E-state index is -3.75. The number of anilines is 2. The van der Waals surface area contributed by atoms with Crippen molar-refractivity contribution >= 4 is 33.2 Å². The van der Waals surface area contributed by atoms with Crippen LogP contribution in [0.25, 0.3) is 0 Å². The van der Waals surface area contributed by atoms with Crippen LogP contribution in [0.3, 0.4) is 0 Å². The van der Waals surface area contributed by atoms with Crippen LogP contribution in [-0.4, -0.2) is 26.0 Å².